The molecule has 1 aliphatic heterocycles. The number of hydrogen-bond acceptors (Lipinski definition) is 2. The summed E-state index contributed by atoms with van der Waals surface area (Å²) in [4.78, 5) is 2.44. The largest absolute Gasteiger partial charge is 0.398 e. The monoisotopic (exact) mass is 280 g/mol. The standard InChI is InChI=1S/C13H17BrN2/c1-10-5-7-16(8-6-10)9-11-3-2-4-12(15)13(11)14/h2-5H,6-9,15H2,1H3. The van der Waals surface area contributed by atoms with Crippen LogP contribution in [0.15, 0.2) is 34.3 Å². The predicted molar refractivity (Wildman–Crippen MR) is 72.2 cm³/mol. The Labute approximate surface area is 105 Å². The zero-order chi connectivity index (χ0) is 11.5. The normalized spacial score (nSPS) is 17.2. The molecule has 86 valence electrons. The molecule has 1 aromatic rings. The summed E-state index contributed by atoms with van der Waals surface area (Å²) in [7, 11) is 0. The Kier molecular flexibility index (Phi) is 3.66. The van der Waals surface area contributed by atoms with Crippen LogP contribution in [-0.2, 0) is 6.54 Å². The second-order valence-electron chi connectivity index (χ2n) is 4.36. The van der Waals surface area contributed by atoms with E-state index in [0.29, 0.717) is 0 Å². The van der Waals surface area contributed by atoms with Crippen molar-refractivity contribution < 1.29 is 0 Å². The lowest BCUT2D eigenvalue weighted by Crippen LogP contribution is -2.28. The van der Waals surface area contributed by atoms with Gasteiger partial charge in [-0.1, -0.05) is 23.8 Å². The molecule has 0 amide bonds. The smallest absolute Gasteiger partial charge is 0.0461 e. The van der Waals surface area contributed by atoms with Crippen LogP contribution in [-0.4, -0.2) is 18.0 Å². The van der Waals surface area contributed by atoms with Gasteiger partial charge in [-0.25, -0.2) is 0 Å². The van der Waals surface area contributed by atoms with Gasteiger partial charge < -0.3 is 5.73 Å². The van der Waals surface area contributed by atoms with Crippen molar-refractivity contribution in [1.29, 1.82) is 0 Å². The molecule has 1 aromatic carbocycles. The van der Waals surface area contributed by atoms with Crippen molar-refractivity contribution in [2.45, 2.75) is 19.9 Å². The molecular formula is C13H17BrN2. The van der Waals surface area contributed by atoms with Gasteiger partial charge in [-0.15, -0.1) is 0 Å². The summed E-state index contributed by atoms with van der Waals surface area (Å²) in [6, 6.07) is 6.07. The van der Waals surface area contributed by atoms with Gasteiger partial charge >= 0.3 is 0 Å². The molecule has 0 aromatic heterocycles. The molecule has 0 aliphatic carbocycles. The first-order valence-corrected chi connectivity index (χ1v) is 6.37. The molecule has 1 heterocycles. The zero-order valence-electron chi connectivity index (χ0n) is 9.54. The molecule has 0 fully saturated rings. The van der Waals surface area contributed by atoms with Gasteiger partial charge in [0.05, 0.1) is 0 Å². The number of nitrogen functional groups attached to an aromatic ring is 1. The van der Waals surface area contributed by atoms with E-state index in [1.807, 2.05) is 12.1 Å². The van der Waals surface area contributed by atoms with E-state index < -0.39 is 0 Å². The Balaban J connectivity index is 2.07. The molecule has 2 N–H and O–H groups in total. The third kappa shape index (κ3) is 2.66. The zero-order valence-corrected chi connectivity index (χ0v) is 11.1. The number of benzene rings is 1. The molecule has 0 radical (unpaired) electrons. The first-order chi connectivity index (χ1) is 7.66. The van der Waals surface area contributed by atoms with Gasteiger partial charge in [-0.05, 0) is 40.9 Å². The molecule has 0 saturated heterocycles. The van der Waals surface area contributed by atoms with Gasteiger partial charge in [0.2, 0.25) is 0 Å². The third-order valence-corrected chi connectivity index (χ3v) is 3.99. The first kappa shape index (κ1) is 11.7. The van der Waals surface area contributed by atoms with Gasteiger partial charge in [0.1, 0.15) is 0 Å². The molecule has 2 rings (SSSR count). The maximum atomic E-state index is 5.87. The minimum Gasteiger partial charge on any atom is -0.398 e. The van der Waals surface area contributed by atoms with Gasteiger partial charge in [0.25, 0.3) is 0 Å². The van der Waals surface area contributed by atoms with E-state index in [-0.39, 0.29) is 0 Å². The third-order valence-electron chi connectivity index (χ3n) is 3.02. The second-order valence-corrected chi connectivity index (χ2v) is 5.15. The average molecular weight is 281 g/mol. The van der Waals surface area contributed by atoms with Crippen LogP contribution in [0, 0.1) is 0 Å². The van der Waals surface area contributed by atoms with E-state index in [1.165, 1.54) is 17.6 Å². The van der Waals surface area contributed by atoms with Crippen LogP contribution in [0.3, 0.4) is 0 Å². The van der Waals surface area contributed by atoms with Gasteiger partial charge in [-0.3, -0.25) is 4.90 Å². The molecule has 16 heavy (non-hydrogen) atoms. The fraction of sp³-hybridized carbons (Fsp3) is 0.385. The summed E-state index contributed by atoms with van der Waals surface area (Å²) < 4.78 is 1.04. The maximum Gasteiger partial charge on any atom is 0.0461 e. The van der Waals surface area contributed by atoms with Crippen LogP contribution in [0.25, 0.3) is 0 Å². The Morgan fingerprint density at radius 2 is 2.25 bits per heavy atom. The van der Waals surface area contributed by atoms with Crippen molar-refractivity contribution in [3.05, 3.63) is 39.9 Å². The molecule has 0 unspecified atom stereocenters. The number of nitrogens with two attached hydrogens (primary N) is 1. The Hall–Kier alpha value is -0.800. The van der Waals surface area contributed by atoms with Crippen molar-refractivity contribution in [2.75, 3.05) is 18.8 Å². The first-order valence-electron chi connectivity index (χ1n) is 5.57. The lowest BCUT2D eigenvalue weighted by atomic mass is 10.1. The van der Waals surface area contributed by atoms with Crippen molar-refractivity contribution >= 4 is 21.6 Å². The Bertz CT molecular complexity index is 412. The second kappa shape index (κ2) is 5.02. The SMILES string of the molecule is CC1=CCN(Cc2cccc(N)c2Br)CC1. The van der Waals surface area contributed by atoms with Gasteiger partial charge in [0, 0.05) is 29.8 Å². The molecule has 0 atom stereocenters. The topological polar surface area (TPSA) is 29.3 Å². The summed E-state index contributed by atoms with van der Waals surface area (Å²) in [6.45, 7) is 5.36. The summed E-state index contributed by atoms with van der Waals surface area (Å²) >= 11 is 3.55. The minimum atomic E-state index is 0.821. The summed E-state index contributed by atoms with van der Waals surface area (Å²) in [5.74, 6) is 0. The van der Waals surface area contributed by atoms with Crippen molar-refractivity contribution in [1.82, 2.24) is 4.90 Å². The Morgan fingerprint density at radius 1 is 1.44 bits per heavy atom. The van der Waals surface area contributed by atoms with E-state index >= 15 is 0 Å². The predicted octanol–water partition coefficient (Wildman–Crippen LogP) is 3.18. The summed E-state index contributed by atoms with van der Waals surface area (Å²) in [5.41, 5.74) is 9.47. The van der Waals surface area contributed by atoms with E-state index in [2.05, 4.69) is 39.9 Å². The van der Waals surface area contributed by atoms with E-state index in [1.54, 1.807) is 0 Å². The summed E-state index contributed by atoms with van der Waals surface area (Å²) in [6.07, 6.45) is 3.49. The molecule has 0 saturated carbocycles. The highest BCUT2D eigenvalue weighted by Crippen LogP contribution is 2.25. The van der Waals surface area contributed by atoms with E-state index in [4.69, 9.17) is 5.73 Å². The maximum absolute atomic E-state index is 5.87. The molecule has 0 bridgehead atoms. The fourth-order valence-electron chi connectivity index (χ4n) is 1.92. The van der Waals surface area contributed by atoms with E-state index in [9.17, 15) is 0 Å². The molecule has 0 spiro atoms. The van der Waals surface area contributed by atoms with Crippen LogP contribution in [0.4, 0.5) is 5.69 Å². The lowest BCUT2D eigenvalue weighted by Gasteiger charge is -2.25. The van der Waals surface area contributed by atoms with Gasteiger partial charge in [0.15, 0.2) is 0 Å². The van der Waals surface area contributed by atoms with Crippen molar-refractivity contribution in [3.8, 4) is 0 Å². The summed E-state index contributed by atoms with van der Waals surface area (Å²) in [5, 5.41) is 0. The van der Waals surface area contributed by atoms with Crippen LogP contribution in [0.2, 0.25) is 0 Å². The lowest BCUT2D eigenvalue weighted by molar-refractivity contribution is 0.285. The van der Waals surface area contributed by atoms with Crippen LogP contribution < -0.4 is 5.73 Å². The molecule has 3 heteroatoms. The van der Waals surface area contributed by atoms with Gasteiger partial charge in [-0.2, -0.15) is 0 Å². The number of nitrogens with zero attached hydrogens (tertiary/aromatic N) is 1. The van der Waals surface area contributed by atoms with Crippen molar-refractivity contribution in [3.63, 3.8) is 0 Å². The van der Waals surface area contributed by atoms with Crippen LogP contribution in [0.5, 0.6) is 0 Å². The van der Waals surface area contributed by atoms with Crippen LogP contribution >= 0.6 is 15.9 Å². The number of hydrogen-bond donors (Lipinski definition) is 1. The molecule has 2 nitrogen and oxygen atoms in total. The highest BCUT2D eigenvalue weighted by Gasteiger charge is 2.11. The quantitative estimate of drug-likeness (QED) is 0.666. The molecule has 1 aliphatic rings. The van der Waals surface area contributed by atoms with Crippen LogP contribution in [0.1, 0.15) is 18.9 Å². The highest BCUT2D eigenvalue weighted by molar-refractivity contribution is 9.10. The minimum absolute atomic E-state index is 0.821. The fourth-order valence-corrected chi connectivity index (χ4v) is 2.31. The van der Waals surface area contributed by atoms with Crippen molar-refractivity contribution in [2.24, 2.45) is 0 Å². The highest BCUT2D eigenvalue weighted by atomic mass is 79.9. The number of rotatable bonds is 2. The number of anilines is 1. The molecular weight excluding hydrogens is 264 g/mol. The van der Waals surface area contributed by atoms with E-state index in [0.717, 1.165) is 29.8 Å². The Morgan fingerprint density at radius 3 is 2.94 bits per heavy atom. The average Bonchev–Trinajstić information content (AvgIpc) is 2.28. The number of halogens is 1.